The third-order valence-electron chi connectivity index (χ3n) is 2.18. The average Bonchev–Trinajstić information content (AvgIpc) is 1.99. The first-order valence-corrected chi connectivity index (χ1v) is 4.65. The molecular formula is C10H13BF3KO. The molecule has 16 heavy (non-hydrogen) atoms. The van der Waals surface area contributed by atoms with E-state index in [9.17, 15) is 18.1 Å². The van der Waals surface area contributed by atoms with Crippen LogP contribution in [0.2, 0.25) is 0 Å². The van der Waals surface area contributed by atoms with Crippen molar-refractivity contribution in [1.82, 2.24) is 0 Å². The maximum atomic E-state index is 12.5. The third-order valence-corrected chi connectivity index (χ3v) is 2.18. The summed E-state index contributed by atoms with van der Waals surface area (Å²) in [4.78, 5) is 0. The monoisotopic (exact) mass is 256 g/mol. The van der Waals surface area contributed by atoms with Crippen LogP contribution in [0.25, 0.3) is 0 Å². The van der Waals surface area contributed by atoms with Crippen LogP contribution in [0.15, 0.2) is 18.2 Å². The van der Waals surface area contributed by atoms with E-state index in [4.69, 9.17) is 0 Å². The SMILES string of the molecule is CC(C)(C)c1cc(O)cc([B-](F)(F)F)c1.[K+]. The van der Waals surface area contributed by atoms with Gasteiger partial charge in [0, 0.05) is 0 Å². The van der Waals surface area contributed by atoms with Gasteiger partial charge in [0.2, 0.25) is 0 Å². The zero-order valence-electron chi connectivity index (χ0n) is 9.89. The molecule has 0 aliphatic carbocycles. The van der Waals surface area contributed by atoms with Crippen molar-refractivity contribution in [3.05, 3.63) is 23.8 Å². The molecule has 0 saturated carbocycles. The van der Waals surface area contributed by atoms with Crippen LogP contribution in [-0.2, 0) is 5.41 Å². The van der Waals surface area contributed by atoms with Crippen LogP contribution in [0.3, 0.4) is 0 Å². The quantitative estimate of drug-likeness (QED) is 0.687. The number of phenols is 1. The first kappa shape index (κ1) is 16.5. The van der Waals surface area contributed by atoms with E-state index in [0.717, 1.165) is 12.1 Å². The van der Waals surface area contributed by atoms with Crippen LogP contribution in [0.5, 0.6) is 5.75 Å². The molecule has 0 spiro atoms. The van der Waals surface area contributed by atoms with E-state index in [2.05, 4.69) is 0 Å². The Morgan fingerprint density at radius 1 is 1.06 bits per heavy atom. The summed E-state index contributed by atoms with van der Waals surface area (Å²) in [5.41, 5.74) is -0.675. The van der Waals surface area contributed by atoms with Crippen molar-refractivity contribution in [2.45, 2.75) is 26.2 Å². The van der Waals surface area contributed by atoms with Gasteiger partial charge in [-0.25, -0.2) is 0 Å². The molecule has 0 bridgehead atoms. The molecule has 1 aromatic carbocycles. The molecule has 0 radical (unpaired) electrons. The summed E-state index contributed by atoms with van der Waals surface area (Å²) in [7, 11) is 0. The minimum atomic E-state index is -5.06. The zero-order chi connectivity index (χ0) is 11.9. The first-order valence-electron chi connectivity index (χ1n) is 4.65. The Bertz CT molecular complexity index is 339. The summed E-state index contributed by atoms with van der Waals surface area (Å²) in [6, 6.07) is 3.22. The molecule has 0 heterocycles. The Balaban J connectivity index is 0.00000225. The van der Waals surface area contributed by atoms with Crippen molar-refractivity contribution in [1.29, 1.82) is 0 Å². The number of aromatic hydroxyl groups is 1. The summed E-state index contributed by atoms with van der Waals surface area (Å²) < 4.78 is 37.5. The fourth-order valence-corrected chi connectivity index (χ4v) is 1.26. The summed E-state index contributed by atoms with van der Waals surface area (Å²) in [5.74, 6) is -0.336. The van der Waals surface area contributed by atoms with Crippen LogP contribution >= 0.6 is 0 Å². The second kappa shape index (κ2) is 5.44. The van der Waals surface area contributed by atoms with Gasteiger partial charge < -0.3 is 18.1 Å². The van der Waals surface area contributed by atoms with E-state index in [-0.39, 0.29) is 57.1 Å². The van der Waals surface area contributed by atoms with Gasteiger partial charge in [-0.1, -0.05) is 26.8 Å². The number of phenolic OH excluding ortho intramolecular Hbond substituents is 1. The Kier molecular flexibility index (Phi) is 5.61. The van der Waals surface area contributed by atoms with E-state index >= 15 is 0 Å². The number of benzene rings is 1. The van der Waals surface area contributed by atoms with Crippen LogP contribution in [-0.4, -0.2) is 12.1 Å². The molecule has 0 saturated heterocycles. The average molecular weight is 256 g/mol. The van der Waals surface area contributed by atoms with Crippen molar-refractivity contribution >= 4 is 12.4 Å². The first-order chi connectivity index (χ1) is 6.60. The zero-order valence-corrected chi connectivity index (χ0v) is 13.0. The topological polar surface area (TPSA) is 20.2 Å². The van der Waals surface area contributed by atoms with Crippen LogP contribution in [0.1, 0.15) is 26.3 Å². The Labute approximate surface area is 136 Å². The maximum absolute atomic E-state index is 12.5. The summed E-state index contributed by atoms with van der Waals surface area (Å²) in [6.45, 7) is 0.346. The van der Waals surface area contributed by atoms with Gasteiger partial charge >= 0.3 is 58.4 Å². The molecule has 1 aromatic rings. The fraction of sp³-hybridized carbons (Fsp3) is 0.400. The predicted octanol–water partition coefficient (Wildman–Crippen LogP) is -0.252. The van der Waals surface area contributed by atoms with Gasteiger partial charge in [0.1, 0.15) is 5.75 Å². The molecule has 0 amide bonds. The fourth-order valence-electron chi connectivity index (χ4n) is 1.26. The molecular weight excluding hydrogens is 243 g/mol. The Morgan fingerprint density at radius 3 is 1.94 bits per heavy atom. The molecule has 0 atom stereocenters. The van der Waals surface area contributed by atoms with Crippen molar-refractivity contribution in [3.63, 3.8) is 0 Å². The number of hydrogen-bond acceptors (Lipinski definition) is 1. The van der Waals surface area contributed by atoms with E-state index in [1.165, 1.54) is 6.07 Å². The van der Waals surface area contributed by atoms with Crippen molar-refractivity contribution in [2.24, 2.45) is 0 Å². The van der Waals surface area contributed by atoms with Crippen LogP contribution in [0, 0.1) is 0 Å². The molecule has 84 valence electrons. The van der Waals surface area contributed by atoms with E-state index in [1.807, 2.05) is 0 Å². The number of hydrogen-bond donors (Lipinski definition) is 1. The number of rotatable bonds is 1. The van der Waals surface area contributed by atoms with E-state index in [1.54, 1.807) is 20.8 Å². The van der Waals surface area contributed by atoms with Gasteiger partial charge in [0.15, 0.2) is 0 Å². The van der Waals surface area contributed by atoms with Crippen LogP contribution < -0.4 is 56.8 Å². The summed E-state index contributed by atoms with van der Waals surface area (Å²) in [6.07, 6.45) is 0. The molecule has 6 heteroatoms. The minimum Gasteiger partial charge on any atom is -0.508 e. The largest absolute Gasteiger partial charge is 1.00 e. The van der Waals surface area contributed by atoms with Crippen molar-refractivity contribution < 1.29 is 69.4 Å². The molecule has 0 aliphatic heterocycles. The molecule has 0 fully saturated rings. The Morgan fingerprint density at radius 2 is 1.56 bits per heavy atom. The van der Waals surface area contributed by atoms with Gasteiger partial charge in [-0.15, -0.1) is 5.46 Å². The summed E-state index contributed by atoms with van der Waals surface area (Å²) in [5, 5.41) is 9.23. The van der Waals surface area contributed by atoms with E-state index in [0.29, 0.717) is 5.56 Å². The maximum Gasteiger partial charge on any atom is 1.00 e. The molecule has 1 N–H and O–H groups in total. The molecule has 0 aliphatic rings. The second-order valence-corrected chi connectivity index (χ2v) is 4.64. The predicted molar refractivity (Wildman–Crippen MR) is 55.5 cm³/mol. The smallest absolute Gasteiger partial charge is 0.508 e. The third kappa shape index (κ3) is 4.41. The minimum absolute atomic E-state index is 0. The number of halogens is 3. The molecule has 1 nitrogen and oxygen atoms in total. The van der Waals surface area contributed by atoms with Crippen molar-refractivity contribution in [3.8, 4) is 5.75 Å². The van der Waals surface area contributed by atoms with Crippen molar-refractivity contribution in [2.75, 3.05) is 0 Å². The normalized spacial score (nSPS) is 12.1. The molecule has 0 unspecified atom stereocenters. The standard InChI is InChI=1S/C10H13BF3O.K/c1-10(2,3)7-4-8(11(12,13)14)6-9(15)5-7;/h4-6,15H,1-3H3;/q-1;+1. The van der Waals surface area contributed by atoms with E-state index < -0.39 is 17.9 Å². The van der Waals surface area contributed by atoms with Crippen LogP contribution in [0.4, 0.5) is 12.9 Å². The van der Waals surface area contributed by atoms with Gasteiger partial charge in [0.05, 0.1) is 0 Å². The summed E-state index contributed by atoms with van der Waals surface area (Å²) >= 11 is 0. The Hall–Kier alpha value is 0.511. The van der Waals surface area contributed by atoms with Gasteiger partial charge in [-0.05, 0) is 23.1 Å². The molecule has 1 rings (SSSR count). The van der Waals surface area contributed by atoms with Gasteiger partial charge in [-0.2, -0.15) is 0 Å². The van der Waals surface area contributed by atoms with Gasteiger partial charge in [-0.3, -0.25) is 0 Å². The van der Waals surface area contributed by atoms with Gasteiger partial charge in [0.25, 0.3) is 0 Å². The second-order valence-electron chi connectivity index (χ2n) is 4.64. The molecule has 0 aromatic heterocycles.